The third-order valence-corrected chi connectivity index (χ3v) is 2.98. The molecule has 0 aliphatic carbocycles. The van der Waals surface area contributed by atoms with E-state index in [0.717, 1.165) is 23.6 Å². The van der Waals surface area contributed by atoms with Gasteiger partial charge < -0.3 is 9.72 Å². The molecule has 102 valence electrons. The highest BCUT2D eigenvalue weighted by Crippen LogP contribution is 2.05. The van der Waals surface area contributed by atoms with Gasteiger partial charge in [0.25, 0.3) is 5.56 Å². The molecule has 0 saturated heterocycles. The van der Waals surface area contributed by atoms with Gasteiger partial charge in [-0.05, 0) is 19.1 Å². The Kier molecular flexibility index (Phi) is 3.20. The molecule has 0 aromatic carbocycles. The summed E-state index contributed by atoms with van der Waals surface area (Å²) >= 11 is 0. The quantitative estimate of drug-likeness (QED) is 0.777. The molecule has 3 rings (SSSR count). The van der Waals surface area contributed by atoms with Crippen molar-refractivity contribution in [1.82, 2.24) is 19.2 Å². The average molecular weight is 269 g/mol. The molecule has 3 heterocycles. The molecular weight excluding hydrogens is 254 g/mol. The first-order valence-corrected chi connectivity index (χ1v) is 6.50. The third kappa shape index (κ3) is 2.40. The van der Waals surface area contributed by atoms with Crippen LogP contribution < -0.4 is 10.9 Å². The number of pyridine rings is 1. The summed E-state index contributed by atoms with van der Waals surface area (Å²) in [6, 6.07) is 7.34. The summed E-state index contributed by atoms with van der Waals surface area (Å²) < 4.78 is 3.33. The first-order valence-electron chi connectivity index (χ1n) is 6.50. The normalized spacial score (nSPS) is 10.8. The summed E-state index contributed by atoms with van der Waals surface area (Å²) in [5.41, 5.74) is 2.27. The molecule has 3 aromatic rings. The lowest BCUT2D eigenvalue weighted by Gasteiger charge is -2.04. The largest absolute Gasteiger partial charge is 0.384 e. The highest BCUT2D eigenvalue weighted by molar-refractivity contribution is 5.40. The Morgan fingerprint density at radius 1 is 1.35 bits per heavy atom. The molecule has 0 fully saturated rings. The van der Waals surface area contributed by atoms with Crippen molar-refractivity contribution in [2.75, 3.05) is 11.9 Å². The van der Waals surface area contributed by atoms with E-state index in [1.54, 1.807) is 12.3 Å². The van der Waals surface area contributed by atoms with Crippen molar-refractivity contribution in [3.63, 3.8) is 0 Å². The van der Waals surface area contributed by atoms with Gasteiger partial charge in [-0.25, -0.2) is 9.67 Å². The van der Waals surface area contributed by atoms with Crippen molar-refractivity contribution in [3.05, 3.63) is 58.9 Å². The fourth-order valence-corrected chi connectivity index (χ4v) is 2.07. The van der Waals surface area contributed by atoms with Crippen LogP contribution in [-0.2, 0) is 6.54 Å². The van der Waals surface area contributed by atoms with E-state index >= 15 is 0 Å². The maximum atomic E-state index is 12.0. The highest BCUT2D eigenvalue weighted by Gasteiger charge is 2.05. The van der Waals surface area contributed by atoms with Gasteiger partial charge in [-0.3, -0.25) is 4.79 Å². The molecule has 0 aliphatic rings. The highest BCUT2D eigenvalue weighted by atomic mass is 16.1. The zero-order valence-corrected chi connectivity index (χ0v) is 11.2. The van der Waals surface area contributed by atoms with Crippen LogP contribution in [0, 0.1) is 0 Å². The minimum Gasteiger partial charge on any atom is -0.384 e. The van der Waals surface area contributed by atoms with E-state index in [1.807, 2.05) is 41.9 Å². The first kappa shape index (κ1) is 12.4. The van der Waals surface area contributed by atoms with Crippen molar-refractivity contribution < 1.29 is 0 Å². The van der Waals surface area contributed by atoms with Crippen LogP contribution in [0.2, 0.25) is 0 Å². The second-order valence-corrected chi connectivity index (χ2v) is 4.47. The standard InChI is InChI=1S/C14H15N5O/c1-2-15-11-7-14(20)19(16-8-11)10-12-9-18-6-4-3-5-13(18)17-12/h3-9,15H,2,10H2,1H3. The van der Waals surface area contributed by atoms with E-state index in [-0.39, 0.29) is 5.56 Å². The fourth-order valence-electron chi connectivity index (χ4n) is 2.07. The second-order valence-electron chi connectivity index (χ2n) is 4.47. The molecule has 0 radical (unpaired) electrons. The molecule has 6 heteroatoms. The predicted molar refractivity (Wildman–Crippen MR) is 77.0 cm³/mol. The Hall–Kier alpha value is -2.63. The predicted octanol–water partition coefficient (Wildman–Crippen LogP) is 1.37. The molecule has 0 amide bonds. The monoisotopic (exact) mass is 269 g/mol. The number of nitrogens with one attached hydrogen (secondary N) is 1. The minimum atomic E-state index is -0.138. The summed E-state index contributed by atoms with van der Waals surface area (Å²) in [6.07, 6.45) is 5.48. The average Bonchev–Trinajstić information content (AvgIpc) is 2.84. The Bertz CT molecular complexity index is 756. The molecule has 0 atom stereocenters. The fraction of sp³-hybridized carbons (Fsp3) is 0.214. The van der Waals surface area contributed by atoms with Gasteiger partial charge in [-0.1, -0.05) is 6.07 Å². The Morgan fingerprint density at radius 3 is 3.00 bits per heavy atom. The van der Waals surface area contributed by atoms with Crippen molar-refractivity contribution in [3.8, 4) is 0 Å². The van der Waals surface area contributed by atoms with Crippen LogP contribution in [0.25, 0.3) is 5.65 Å². The number of nitrogens with zero attached hydrogens (tertiary/aromatic N) is 4. The molecule has 0 unspecified atom stereocenters. The Labute approximate surface area is 115 Å². The first-order chi connectivity index (χ1) is 9.76. The third-order valence-electron chi connectivity index (χ3n) is 2.98. The summed E-state index contributed by atoms with van der Waals surface area (Å²) in [4.78, 5) is 16.4. The number of rotatable bonds is 4. The zero-order valence-electron chi connectivity index (χ0n) is 11.2. The van der Waals surface area contributed by atoms with Gasteiger partial charge in [0.05, 0.1) is 24.1 Å². The zero-order chi connectivity index (χ0) is 13.9. The smallest absolute Gasteiger partial charge is 0.269 e. The molecule has 0 saturated carbocycles. The Balaban J connectivity index is 1.88. The number of anilines is 1. The molecule has 0 aliphatic heterocycles. The van der Waals surface area contributed by atoms with Crippen molar-refractivity contribution in [1.29, 1.82) is 0 Å². The van der Waals surface area contributed by atoms with E-state index in [0.29, 0.717) is 6.54 Å². The van der Waals surface area contributed by atoms with Gasteiger partial charge in [0.15, 0.2) is 0 Å². The summed E-state index contributed by atoms with van der Waals surface area (Å²) in [6.45, 7) is 3.10. The minimum absolute atomic E-state index is 0.138. The van der Waals surface area contributed by atoms with Gasteiger partial charge >= 0.3 is 0 Å². The van der Waals surface area contributed by atoms with Crippen LogP contribution in [0.3, 0.4) is 0 Å². The van der Waals surface area contributed by atoms with E-state index in [4.69, 9.17) is 0 Å². The van der Waals surface area contributed by atoms with E-state index < -0.39 is 0 Å². The van der Waals surface area contributed by atoms with Crippen molar-refractivity contribution in [2.24, 2.45) is 0 Å². The van der Waals surface area contributed by atoms with Crippen LogP contribution in [0.5, 0.6) is 0 Å². The Morgan fingerprint density at radius 2 is 2.25 bits per heavy atom. The topological polar surface area (TPSA) is 64.2 Å². The van der Waals surface area contributed by atoms with Crippen molar-refractivity contribution >= 4 is 11.3 Å². The van der Waals surface area contributed by atoms with Gasteiger partial charge in [0, 0.05) is 25.0 Å². The van der Waals surface area contributed by atoms with E-state index in [1.165, 1.54) is 4.68 Å². The number of fused-ring (bicyclic) bond motifs is 1. The molecule has 20 heavy (non-hydrogen) atoms. The number of hydrogen-bond donors (Lipinski definition) is 1. The molecular formula is C14H15N5O. The van der Waals surface area contributed by atoms with Gasteiger partial charge in [0.1, 0.15) is 5.65 Å². The molecule has 3 aromatic heterocycles. The number of hydrogen-bond acceptors (Lipinski definition) is 4. The molecule has 6 nitrogen and oxygen atoms in total. The van der Waals surface area contributed by atoms with Crippen molar-refractivity contribution in [2.45, 2.75) is 13.5 Å². The van der Waals surface area contributed by atoms with Crippen LogP contribution >= 0.6 is 0 Å². The SMILES string of the molecule is CCNc1cnn(Cc2cn3ccccc3n2)c(=O)c1. The van der Waals surface area contributed by atoms with Crippen LogP contribution in [0.1, 0.15) is 12.6 Å². The summed E-state index contributed by atoms with van der Waals surface area (Å²) in [7, 11) is 0. The second kappa shape index (κ2) is 5.16. The van der Waals surface area contributed by atoms with Gasteiger partial charge in [-0.15, -0.1) is 0 Å². The maximum absolute atomic E-state index is 12.0. The maximum Gasteiger partial charge on any atom is 0.269 e. The van der Waals surface area contributed by atoms with Crippen LogP contribution in [0.15, 0.2) is 47.7 Å². The van der Waals surface area contributed by atoms with E-state index in [9.17, 15) is 4.79 Å². The summed E-state index contributed by atoms with van der Waals surface area (Å²) in [5.74, 6) is 0. The molecule has 0 bridgehead atoms. The van der Waals surface area contributed by atoms with Crippen LogP contribution in [-0.4, -0.2) is 25.7 Å². The van der Waals surface area contributed by atoms with Gasteiger partial charge in [-0.2, -0.15) is 5.10 Å². The molecule has 0 spiro atoms. The van der Waals surface area contributed by atoms with E-state index in [2.05, 4.69) is 15.4 Å². The summed E-state index contributed by atoms with van der Waals surface area (Å²) in [5, 5.41) is 7.22. The van der Waals surface area contributed by atoms with Crippen LogP contribution in [0.4, 0.5) is 5.69 Å². The number of aromatic nitrogens is 4. The lowest BCUT2D eigenvalue weighted by Crippen LogP contribution is -2.23. The molecule has 1 N–H and O–H groups in total. The lowest BCUT2D eigenvalue weighted by atomic mass is 10.4. The number of imidazole rings is 1. The lowest BCUT2D eigenvalue weighted by molar-refractivity contribution is 0.631. The van der Waals surface area contributed by atoms with Gasteiger partial charge in [0.2, 0.25) is 0 Å².